The lowest BCUT2D eigenvalue weighted by Crippen LogP contribution is -2.54. The number of amides is 1. The fourth-order valence-electron chi connectivity index (χ4n) is 4.50. The van der Waals surface area contributed by atoms with Crippen LogP contribution in [0.2, 0.25) is 0 Å². The monoisotopic (exact) mass is 302 g/mol. The van der Waals surface area contributed by atoms with Gasteiger partial charge in [0.05, 0.1) is 18.6 Å². The minimum atomic E-state index is -0.418. The van der Waals surface area contributed by atoms with Crippen LogP contribution in [-0.2, 0) is 11.2 Å². The van der Waals surface area contributed by atoms with Crippen molar-refractivity contribution < 1.29 is 9.90 Å². The third-order valence-corrected chi connectivity index (χ3v) is 6.39. The van der Waals surface area contributed by atoms with Gasteiger partial charge in [0.2, 0.25) is 5.91 Å². The van der Waals surface area contributed by atoms with Crippen molar-refractivity contribution in [1.82, 2.24) is 10.9 Å². The third-order valence-electron chi connectivity index (χ3n) is 6.39. The number of rotatable bonds is 4. The van der Waals surface area contributed by atoms with Crippen LogP contribution in [0.5, 0.6) is 0 Å². The second-order valence-corrected chi connectivity index (χ2v) is 7.61. The summed E-state index contributed by atoms with van der Waals surface area (Å²) in [4.78, 5) is 12.1. The molecule has 0 aromatic heterocycles. The van der Waals surface area contributed by atoms with Crippen molar-refractivity contribution in [2.45, 2.75) is 52.2 Å². The lowest BCUT2D eigenvalue weighted by atomic mass is 9.70. The van der Waals surface area contributed by atoms with E-state index >= 15 is 0 Å². The first-order valence-corrected chi connectivity index (χ1v) is 8.12. The molecule has 1 amide bonds. The molecule has 0 radical (unpaired) electrons. The van der Waals surface area contributed by atoms with E-state index in [1.165, 1.54) is 0 Å². The van der Waals surface area contributed by atoms with E-state index in [0.717, 1.165) is 18.4 Å². The molecule has 3 rings (SSSR count). The summed E-state index contributed by atoms with van der Waals surface area (Å²) in [5.41, 5.74) is 6.92. The summed E-state index contributed by atoms with van der Waals surface area (Å²) in [6.45, 7) is 6.65. The summed E-state index contributed by atoms with van der Waals surface area (Å²) < 4.78 is 0. The molecular formula is C18H26N2O2. The average Bonchev–Trinajstić information content (AvgIpc) is 2.79. The first kappa shape index (κ1) is 15.5. The quantitative estimate of drug-likeness (QED) is 0.746. The number of fused-ring (bicyclic) bond motifs is 2. The van der Waals surface area contributed by atoms with Gasteiger partial charge in [-0.15, -0.1) is 0 Å². The molecule has 2 aliphatic carbocycles. The fraction of sp³-hybridized carbons (Fsp3) is 0.611. The van der Waals surface area contributed by atoms with Crippen molar-refractivity contribution in [3.05, 3.63) is 35.9 Å². The molecule has 120 valence electrons. The van der Waals surface area contributed by atoms with E-state index in [0.29, 0.717) is 12.3 Å². The summed E-state index contributed by atoms with van der Waals surface area (Å²) in [6, 6.07) is 9.62. The van der Waals surface area contributed by atoms with Gasteiger partial charge < -0.3 is 5.11 Å². The molecule has 2 fully saturated rings. The Bertz CT molecular complexity index is 557. The van der Waals surface area contributed by atoms with Crippen LogP contribution in [0.1, 0.15) is 39.2 Å². The molecule has 2 bridgehead atoms. The van der Waals surface area contributed by atoms with Crippen molar-refractivity contribution in [2.75, 3.05) is 0 Å². The number of aliphatic hydroxyl groups excluding tert-OH is 1. The molecule has 0 saturated heterocycles. The van der Waals surface area contributed by atoms with Crippen molar-refractivity contribution in [1.29, 1.82) is 0 Å². The van der Waals surface area contributed by atoms with Crippen molar-refractivity contribution in [3.8, 4) is 0 Å². The number of carbonyl (C=O) groups is 1. The summed E-state index contributed by atoms with van der Waals surface area (Å²) in [5, 5.41) is 10.7. The van der Waals surface area contributed by atoms with Gasteiger partial charge in [-0.25, -0.2) is 5.43 Å². The number of hydrogen-bond acceptors (Lipinski definition) is 3. The van der Waals surface area contributed by atoms with Crippen molar-refractivity contribution in [2.24, 2.45) is 16.7 Å². The highest BCUT2D eigenvalue weighted by molar-refractivity contribution is 5.78. The molecule has 1 aromatic carbocycles. The molecule has 1 aromatic rings. The van der Waals surface area contributed by atoms with Crippen LogP contribution in [0.3, 0.4) is 0 Å². The van der Waals surface area contributed by atoms with Crippen LogP contribution in [0.15, 0.2) is 30.3 Å². The van der Waals surface area contributed by atoms with Crippen LogP contribution >= 0.6 is 0 Å². The molecule has 4 nitrogen and oxygen atoms in total. The Labute approximate surface area is 132 Å². The van der Waals surface area contributed by atoms with Crippen LogP contribution in [0.4, 0.5) is 0 Å². The van der Waals surface area contributed by atoms with Crippen molar-refractivity contribution in [3.63, 3.8) is 0 Å². The van der Waals surface area contributed by atoms with Crippen LogP contribution in [0, 0.1) is 16.7 Å². The second kappa shape index (κ2) is 5.36. The molecule has 3 N–H and O–H groups in total. The Morgan fingerprint density at radius 1 is 1.27 bits per heavy atom. The minimum absolute atomic E-state index is 0.0616. The lowest BCUT2D eigenvalue weighted by molar-refractivity contribution is -0.122. The smallest absolute Gasteiger partial charge is 0.238 e. The first-order chi connectivity index (χ1) is 10.4. The number of benzene rings is 1. The molecule has 2 aliphatic rings. The van der Waals surface area contributed by atoms with E-state index in [1.54, 1.807) is 0 Å². The van der Waals surface area contributed by atoms with E-state index in [-0.39, 0.29) is 22.8 Å². The number of hydrazine groups is 1. The Morgan fingerprint density at radius 3 is 2.55 bits per heavy atom. The molecule has 4 heteroatoms. The van der Waals surface area contributed by atoms with Crippen LogP contribution in [-0.4, -0.2) is 23.2 Å². The van der Waals surface area contributed by atoms with E-state index in [2.05, 4.69) is 31.6 Å². The average molecular weight is 302 g/mol. The zero-order valence-corrected chi connectivity index (χ0v) is 13.6. The summed E-state index contributed by atoms with van der Waals surface area (Å²) in [5.74, 6) is 0.327. The highest BCUT2D eigenvalue weighted by atomic mass is 16.3. The molecule has 4 unspecified atom stereocenters. The maximum absolute atomic E-state index is 12.1. The molecular weight excluding hydrogens is 276 g/mol. The molecule has 0 spiro atoms. The third kappa shape index (κ3) is 2.25. The van der Waals surface area contributed by atoms with Gasteiger partial charge in [0.1, 0.15) is 0 Å². The van der Waals surface area contributed by atoms with Gasteiger partial charge in [-0.3, -0.25) is 10.2 Å². The number of hydrogen-bond donors (Lipinski definition) is 3. The SMILES string of the molecule is CC1(C)C2CCC1(C)C(O)C2NNC(=O)Cc1ccccc1. The minimum Gasteiger partial charge on any atom is -0.391 e. The summed E-state index contributed by atoms with van der Waals surface area (Å²) in [6.07, 6.45) is 2.09. The van der Waals surface area contributed by atoms with E-state index < -0.39 is 6.10 Å². The summed E-state index contributed by atoms with van der Waals surface area (Å²) in [7, 11) is 0. The highest BCUT2D eigenvalue weighted by Gasteiger charge is 2.65. The van der Waals surface area contributed by atoms with E-state index in [1.807, 2.05) is 30.3 Å². The maximum atomic E-state index is 12.1. The zero-order valence-electron chi connectivity index (χ0n) is 13.6. The van der Waals surface area contributed by atoms with Gasteiger partial charge in [0.15, 0.2) is 0 Å². The van der Waals surface area contributed by atoms with Gasteiger partial charge >= 0.3 is 0 Å². The number of aliphatic hydroxyl groups is 1. The standard InChI is InChI=1S/C18H26N2O2/c1-17(2)13-9-10-18(17,3)16(22)15(13)20-19-14(21)11-12-7-5-4-6-8-12/h4-8,13,15-16,20,22H,9-11H2,1-3H3,(H,19,21). The number of carbonyl (C=O) groups excluding carboxylic acids is 1. The van der Waals surface area contributed by atoms with Gasteiger partial charge in [0, 0.05) is 5.41 Å². The Kier molecular flexibility index (Phi) is 3.77. The Morgan fingerprint density at radius 2 is 1.95 bits per heavy atom. The Hall–Kier alpha value is -1.39. The largest absolute Gasteiger partial charge is 0.391 e. The van der Waals surface area contributed by atoms with E-state index in [9.17, 15) is 9.90 Å². The molecule has 4 atom stereocenters. The second-order valence-electron chi connectivity index (χ2n) is 7.61. The van der Waals surface area contributed by atoms with Gasteiger partial charge in [-0.1, -0.05) is 51.1 Å². The van der Waals surface area contributed by atoms with Gasteiger partial charge in [-0.05, 0) is 29.7 Å². The lowest BCUT2D eigenvalue weighted by Gasteiger charge is -2.37. The predicted molar refractivity (Wildman–Crippen MR) is 85.8 cm³/mol. The highest BCUT2D eigenvalue weighted by Crippen LogP contribution is 2.65. The fourth-order valence-corrected chi connectivity index (χ4v) is 4.50. The first-order valence-electron chi connectivity index (χ1n) is 8.12. The molecule has 2 saturated carbocycles. The predicted octanol–water partition coefficient (Wildman–Crippen LogP) is 2.04. The van der Waals surface area contributed by atoms with Crippen LogP contribution < -0.4 is 10.9 Å². The van der Waals surface area contributed by atoms with Gasteiger partial charge in [0.25, 0.3) is 0 Å². The van der Waals surface area contributed by atoms with Crippen molar-refractivity contribution >= 4 is 5.91 Å². The van der Waals surface area contributed by atoms with E-state index in [4.69, 9.17) is 0 Å². The normalized spacial score (nSPS) is 35.5. The maximum Gasteiger partial charge on any atom is 0.238 e. The van der Waals surface area contributed by atoms with Gasteiger partial charge in [-0.2, -0.15) is 0 Å². The zero-order chi connectivity index (χ0) is 16.0. The van der Waals surface area contributed by atoms with Crippen LogP contribution in [0.25, 0.3) is 0 Å². The molecule has 0 aliphatic heterocycles. The molecule has 22 heavy (non-hydrogen) atoms. The summed E-state index contributed by atoms with van der Waals surface area (Å²) >= 11 is 0. The topological polar surface area (TPSA) is 61.4 Å². The molecule has 0 heterocycles. The number of nitrogens with one attached hydrogen (secondary N) is 2. The Balaban J connectivity index is 1.60.